The van der Waals surface area contributed by atoms with Crippen LogP contribution < -0.4 is 10.6 Å². The highest BCUT2D eigenvalue weighted by Crippen LogP contribution is 2.33. The van der Waals surface area contributed by atoms with E-state index < -0.39 is 0 Å². The number of anilines is 2. The Bertz CT molecular complexity index is 827. The Labute approximate surface area is 126 Å². The number of rotatable bonds is 2. The highest BCUT2D eigenvalue weighted by molar-refractivity contribution is 7.21. The van der Waals surface area contributed by atoms with E-state index in [-0.39, 0.29) is 5.91 Å². The molecule has 3 rings (SSSR count). The molecule has 0 aliphatic rings. The number of carbonyl (C=O) groups excluding carboxylic acids is 1. The predicted octanol–water partition coefficient (Wildman–Crippen LogP) is 2.86. The lowest BCUT2D eigenvalue weighted by Crippen LogP contribution is -2.26. The molecule has 2 heterocycles. The first-order chi connectivity index (χ1) is 10.1. The van der Waals surface area contributed by atoms with Crippen molar-refractivity contribution in [3.05, 3.63) is 47.0 Å². The number of aromatic nitrogens is 2. The number of hydrogen-bond acceptors (Lipinski definition) is 5. The molecule has 0 atom stereocenters. The van der Waals surface area contributed by atoms with Crippen LogP contribution in [-0.2, 0) is 0 Å². The second kappa shape index (κ2) is 5.14. The van der Waals surface area contributed by atoms with Crippen molar-refractivity contribution >= 4 is 38.8 Å². The number of para-hydroxylation sites is 1. The van der Waals surface area contributed by atoms with E-state index in [9.17, 15) is 4.79 Å². The number of carbonyl (C=O) groups is 1. The Balaban J connectivity index is 2.04. The molecular formula is C15H14N4OS. The predicted molar refractivity (Wildman–Crippen MR) is 85.7 cm³/mol. The number of hydrogen-bond donors (Lipinski definition) is 1. The Hall–Kier alpha value is -2.47. The van der Waals surface area contributed by atoms with Gasteiger partial charge in [-0.3, -0.25) is 4.79 Å². The Morgan fingerprint density at radius 2 is 2.05 bits per heavy atom. The normalized spacial score (nSPS) is 10.8. The van der Waals surface area contributed by atoms with Crippen molar-refractivity contribution in [3.8, 4) is 0 Å². The minimum Gasteiger partial charge on any atom is -0.397 e. The second-order valence-electron chi connectivity index (χ2n) is 4.75. The number of fused-ring (bicyclic) bond motifs is 1. The summed E-state index contributed by atoms with van der Waals surface area (Å²) in [6, 6.07) is 9.51. The average Bonchev–Trinajstić information content (AvgIpc) is 2.84. The fraction of sp³-hybridized carbons (Fsp3) is 0.133. The van der Waals surface area contributed by atoms with Crippen molar-refractivity contribution in [3.63, 3.8) is 0 Å². The van der Waals surface area contributed by atoms with Crippen LogP contribution in [0.1, 0.15) is 15.2 Å². The van der Waals surface area contributed by atoms with E-state index in [1.54, 1.807) is 24.2 Å². The van der Waals surface area contributed by atoms with E-state index in [1.165, 1.54) is 11.3 Å². The van der Waals surface area contributed by atoms with E-state index >= 15 is 0 Å². The number of amides is 1. The molecule has 0 fully saturated rings. The minimum atomic E-state index is -0.134. The summed E-state index contributed by atoms with van der Waals surface area (Å²) in [4.78, 5) is 15.5. The maximum Gasteiger partial charge on any atom is 0.270 e. The van der Waals surface area contributed by atoms with Gasteiger partial charge in [0.05, 0.1) is 11.9 Å². The molecule has 0 spiro atoms. The zero-order valence-corrected chi connectivity index (χ0v) is 12.5. The van der Waals surface area contributed by atoms with Gasteiger partial charge in [0, 0.05) is 18.1 Å². The van der Waals surface area contributed by atoms with Crippen molar-refractivity contribution < 1.29 is 4.79 Å². The lowest BCUT2D eigenvalue weighted by atomic mass is 10.2. The molecule has 3 aromatic rings. The first-order valence-electron chi connectivity index (χ1n) is 6.43. The van der Waals surface area contributed by atoms with Crippen LogP contribution in [0.5, 0.6) is 0 Å². The van der Waals surface area contributed by atoms with Crippen LogP contribution in [0.2, 0.25) is 0 Å². The first-order valence-corrected chi connectivity index (χ1v) is 7.24. The summed E-state index contributed by atoms with van der Waals surface area (Å²) in [5.41, 5.74) is 8.46. The average molecular weight is 298 g/mol. The van der Waals surface area contributed by atoms with Gasteiger partial charge in [0.2, 0.25) is 0 Å². The van der Waals surface area contributed by atoms with Crippen LogP contribution in [-0.4, -0.2) is 23.2 Å². The van der Waals surface area contributed by atoms with Crippen molar-refractivity contribution in [1.29, 1.82) is 0 Å². The van der Waals surface area contributed by atoms with E-state index in [2.05, 4.69) is 10.2 Å². The van der Waals surface area contributed by atoms with Crippen molar-refractivity contribution in [2.24, 2.45) is 0 Å². The van der Waals surface area contributed by atoms with Gasteiger partial charge in [0.15, 0.2) is 0 Å². The van der Waals surface area contributed by atoms with Gasteiger partial charge in [-0.1, -0.05) is 18.2 Å². The van der Waals surface area contributed by atoms with Crippen molar-refractivity contribution in [2.45, 2.75) is 6.92 Å². The van der Waals surface area contributed by atoms with Gasteiger partial charge in [-0.25, -0.2) is 0 Å². The lowest BCUT2D eigenvalue weighted by Gasteiger charge is -2.19. The highest BCUT2D eigenvalue weighted by Gasteiger charge is 2.22. The molecule has 0 aliphatic heterocycles. The smallest absolute Gasteiger partial charge is 0.270 e. The second-order valence-corrected chi connectivity index (χ2v) is 5.74. The molecule has 0 unspecified atom stereocenters. The molecule has 0 saturated carbocycles. The summed E-state index contributed by atoms with van der Waals surface area (Å²) >= 11 is 1.27. The van der Waals surface area contributed by atoms with Crippen LogP contribution in [0.25, 0.3) is 10.2 Å². The van der Waals surface area contributed by atoms with Gasteiger partial charge >= 0.3 is 0 Å². The first kappa shape index (κ1) is 13.5. The monoisotopic (exact) mass is 298 g/mol. The van der Waals surface area contributed by atoms with Gasteiger partial charge in [-0.05, 0) is 24.6 Å². The minimum absolute atomic E-state index is 0.134. The zero-order valence-electron chi connectivity index (χ0n) is 11.7. The number of thiophene rings is 1. The maximum atomic E-state index is 12.7. The molecule has 1 aromatic carbocycles. The number of nitrogen functional groups attached to an aromatic ring is 1. The van der Waals surface area contributed by atoms with Crippen LogP contribution in [0.3, 0.4) is 0 Å². The van der Waals surface area contributed by atoms with E-state index in [4.69, 9.17) is 5.73 Å². The third-order valence-corrected chi connectivity index (χ3v) is 4.49. The maximum absolute atomic E-state index is 12.7. The Morgan fingerprint density at radius 3 is 2.76 bits per heavy atom. The fourth-order valence-corrected chi connectivity index (χ4v) is 3.25. The van der Waals surface area contributed by atoms with Gasteiger partial charge < -0.3 is 10.6 Å². The molecule has 1 amide bonds. The SMILES string of the molecule is Cc1ccccc1N(C)C(=O)c1sc2nnccc2c1N. The molecule has 2 aromatic heterocycles. The summed E-state index contributed by atoms with van der Waals surface area (Å²) in [5.74, 6) is -0.134. The molecule has 0 saturated heterocycles. The summed E-state index contributed by atoms with van der Waals surface area (Å²) in [6.45, 7) is 1.97. The summed E-state index contributed by atoms with van der Waals surface area (Å²) in [7, 11) is 1.75. The molecule has 21 heavy (non-hydrogen) atoms. The number of nitrogens with two attached hydrogens (primary N) is 1. The Morgan fingerprint density at radius 1 is 1.29 bits per heavy atom. The van der Waals surface area contributed by atoms with Crippen molar-refractivity contribution in [1.82, 2.24) is 10.2 Å². The van der Waals surface area contributed by atoms with Crippen LogP contribution in [0.15, 0.2) is 36.5 Å². The van der Waals surface area contributed by atoms with Gasteiger partial charge in [-0.15, -0.1) is 16.4 Å². The molecule has 0 aliphatic carbocycles. The van der Waals surface area contributed by atoms with Gasteiger partial charge in [-0.2, -0.15) is 5.10 Å². The molecular weight excluding hydrogens is 284 g/mol. The Kier molecular flexibility index (Phi) is 3.31. The third kappa shape index (κ3) is 2.23. The highest BCUT2D eigenvalue weighted by atomic mass is 32.1. The zero-order chi connectivity index (χ0) is 15.0. The summed E-state index contributed by atoms with van der Waals surface area (Å²) in [6.07, 6.45) is 1.57. The summed E-state index contributed by atoms with van der Waals surface area (Å²) < 4.78 is 0. The largest absolute Gasteiger partial charge is 0.397 e. The number of nitrogens with zero attached hydrogens (tertiary/aromatic N) is 3. The molecule has 6 heteroatoms. The van der Waals surface area contributed by atoms with E-state index in [0.29, 0.717) is 15.4 Å². The number of benzene rings is 1. The molecule has 2 N–H and O–H groups in total. The quantitative estimate of drug-likeness (QED) is 0.789. The van der Waals surface area contributed by atoms with Crippen molar-refractivity contribution in [2.75, 3.05) is 17.7 Å². The van der Waals surface area contributed by atoms with Crippen LogP contribution >= 0.6 is 11.3 Å². The molecule has 0 bridgehead atoms. The lowest BCUT2D eigenvalue weighted by molar-refractivity contribution is 0.0997. The van der Waals surface area contributed by atoms with Crippen LogP contribution in [0, 0.1) is 6.92 Å². The van der Waals surface area contributed by atoms with Crippen LogP contribution in [0.4, 0.5) is 11.4 Å². The van der Waals surface area contributed by atoms with E-state index in [1.807, 2.05) is 31.2 Å². The fourth-order valence-electron chi connectivity index (χ4n) is 2.23. The topological polar surface area (TPSA) is 72.1 Å². The molecule has 106 valence electrons. The van der Waals surface area contributed by atoms with Gasteiger partial charge in [0.25, 0.3) is 5.91 Å². The number of aryl methyl sites for hydroxylation is 1. The summed E-state index contributed by atoms with van der Waals surface area (Å²) in [5, 5.41) is 8.61. The standard InChI is InChI=1S/C15H14N4OS/c1-9-5-3-4-6-11(9)19(2)15(20)13-12(16)10-7-8-17-18-14(10)21-13/h3-8H,16H2,1-2H3. The van der Waals surface area contributed by atoms with Gasteiger partial charge in [0.1, 0.15) is 9.71 Å². The molecule has 5 nitrogen and oxygen atoms in total. The molecule has 0 radical (unpaired) electrons. The third-order valence-electron chi connectivity index (χ3n) is 3.40. The van der Waals surface area contributed by atoms with E-state index in [0.717, 1.165) is 16.6 Å².